The van der Waals surface area contributed by atoms with Gasteiger partial charge in [-0.25, -0.2) is 4.98 Å². The average Bonchev–Trinajstić information content (AvgIpc) is 3.34. The first-order chi connectivity index (χ1) is 11.0. The van der Waals surface area contributed by atoms with Gasteiger partial charge in [0.05, 0.1) is 16.4 Å². The molecule has 1 aliphatic carbocycles. The van der Waals surface area contributed by atoms with Crippen LogP contribution in [0.5, 0.6) is 0 Å². The minimum Gasteiger partial charge on any atom is -0.480 e. The first kappa shape index (κ1) is 15.6. The molecule has 1 fully saturated rings. The third kappa shape index (κ3) is 3.90. The van der Waals surface area contributed by atoms with Crippen LogP contribution in [-0.4, -0.2) is 27.6 Å². The van der Waals surface area contributed by atoms with Crippen molar-refractivity contribution in [2.75, 3.05) is 17.2 Å². The van der Waals surface area contributed by atoms with E-state index in [0.717, 1.165) is 29.8 Å². The number of hydrogen-bond acceptors (Lipinski definition) is 5. The second-order valence-corrected chi connectivity index (χ2v) is 5.99. The van der Waals surface area contributed by atoms with Crippen LogP contribution in [0, 0.1) is 6.92 Å². The number of nitrogens with one attached hydrogen (secondary N) is 2. The molecule has 1 saturated carbocycles. The Kier molecular flexibility index (Phi) is 4.34. The van der Waals surface area contributed by atoms with Crippen molar-refractivity contribution in [3.05, 3.63) is 40.5 Å². The molecule has 7 heteroatoms. The predicted molar refractivity (Wildman–Crippen MR) is 89.6 cm³/mol. The van der Waals surface area contributed by atoms with E-state index in [9.17, 15) is 4.79 Å². The monoisotopic (exact) mass is 332 g/mol. The molecule has 3 rings (SSSR count). The molecule has 6 nitrogen and oxygen atoms in total. The van der Waals surface area contributed by atoms with Gasteiger partial charge in [-0.3, -0.25) is 4.79 Å². The molecule has 120 valence electrons. The van der Waals surface area contributed by atoms with Gasteiger partial charge >= 0.3 is 5.97 Å². The van der Waals surface area contributed by atoms with Gasteiger partial charge in [0.25, 0.3) is 0 Å². The van der Waals surface area contributed by atoms with Crippen LogP contribution in [0.4, 0.5) is 17.5 Å². The Hall–Kier alpha value is -2.34. The molecule has 0 bridgehead atoms. The van der Waals surface area contributed by atoms with Crippen molar-refractivity contribution >= 4 is 35.0 Å². The van der Waals surface area contributed by atoms with E-state index >= 15 is 0 Å². The number of aromatic nitrogens is 2. The zero-order chi connectivity index (χ0) is 16.4. The summed E-state index contributed by atoms with van der Waals surface area (Å²) >= 11 is 6.24. The number of halogens is 1. The summed E-state index contributed by atoms with van der Waals surface area (Å²) in [5.74, 6) is 0.383. The predicted octanol–water partition coefficient (Wildman–Crippen LogP) is 3.56. The van der Waals surface area contributed by atoms with Gasteiger partial charge in [-0.15, -0.1) is 0 Å². The number of rotatable bonds is 6. The van der Waals surface area contributed by atoms with Crippen LogP contribution in [-0.2, 0) is 4.79 Å². The van der Waals surface area contributed by atoms with Crippen LogP contribution in [0.3, 0.4) is 0 Å². The van der Waals surface area contributed by atoms with Gasteiger partial charge in [0.1, 0.15) is 12.4 Å². The average molecular weight is 333 g/mol. The van der Waals surface area contributed by atoms with E-state index in [-0.39, 0.29) is 6.54 Å². The van der Waals surface area contributed by atoms with Crippen molar-refractivity contribution in [2.45, 2.75) is 25.7 Å². The molecule has 0 amide bonds. The normalized spacial score (nSPS) is 13.7. The fraction of sp³-hybridized carbons (Fsp3) is 0.312. The molecule has 0 aliphatic heterocycles. The highest BCUT2D eigenvalue weighted by atomic mass is 35.5. The number of carboxylic acid groups (broad SMARTS) is 1. The molecule has 23 heavy (non-hydrogen) atoms. The summed E-state index contributed by atoms with van der Waals surface area (Å²) in [6.45, 7) is 1.74. The zero-order valence-corrected chi connectivity index (χ0v) is 13.4. The fourth-order valence-electron chi connectivity index (χ4n) is 2.27. The minimum absolute atomic E-state index is 0.224. The maximum atomic E-state index is 10.7. The number of aryl methyl sites for hydroxylation is 1. The summed E-state index contributed by atoms with van der Waals surface area (Å²) in [6.07, 6.45) is 2.19. The third-order valence-electron chi connectivity index (χ3n) is 3.61. The van der Waals surface area contributed by atoms with Crippen LogP contribution in [0.1, 0.15) is 30.0 Å². The molecule has 0 atom stereocenters. The second kappa shape index (κ2) is 6.42. The molecule has 0 unspecified atom stereocenters. The largest absolute Gasteiger partial charge is 0.480 e. The Labute approximate surface area is 138 Å². The number of hydrogen-bond donors (Lipinski definition) is 3. The summed E-state index contributed by atoms with van der Waals surface area (Å²) in [5.41, 5.74) is 2.71. The number of aliphatic carboxylic acids is 1. The van der Waals surface area contributed by atoms with Crippen molar-refractivity contribution in [1.29, 1.82) is 0 Å². The molecule has 0 radical (unpaired) electrons. The Morgan fingerprint density at radius 3 is 2.83 bits per heavy atom. The molecule has 1 aromatic carbocycles. The van der Waals surface area contributed by atoms with Gasteiger partial charge in [-0.2, -0.15) is 4.98 Å². The van der Waals surface area contributed by atoms with E-state index in [1.807, 2.05) is 31.2 Å². The smallest absolute Gasteiger partial charge is 0.322 e. The Morgan fingerprint density at radius 1 is 1.39 bits per heavy atom. The number of benzene rings is 1. The van der Waals surface area contributed by atoms with Crippen molar-refractivity contribution in [3.63, 3.8) is 0 Å². The van der Waals surface area contributed by atoms with Crippen molar-refractivity contribution in [1.82, 2.24) is 9.97 Å². The number of nitrogens with zero attached hydrogens (tertiary/aromatic N) is 2. The van der Waals surface area contributed by atoms with Gasteiger partial charge in [0.15, 0.2) is 0 Å². The molecular weight excluding hydrogens is 316 g/mol. The standard InChI is InChI=1S/C16H17ClN4O2/c1-9-3-2-4-11(17)15(9)20-13-7-12(10-5-6-10)19-16(21-13)18-8-14(22)23/h2-4,7,10H,5-6,8H2,1H3,(H,22,23)(H2,18,19,20,21). The highest BCUT2D eigenvalue weighted by Crippen LogP contribution is 2.40. The van der Waals surface area contributed by atoms with E-state index in [2.05, 4.69) is 20.6 Å². The third-order valence-corrected chi connectivity index (χ3v) is 3.93. The highest BCUT2D eigenvalue weighted by Gasteiger charge is 2.26. The van der Waals surface area contributed by atoms with Crippen LogP contribution < -0.4 is 10.6 Å². The summed E-state index contributed by atoms with van der Waals surface area (Å²) in [5, 5.41) is 15.3. The summed E-state index contributed by atoms with van der Waals surface area (Å²) in [6, 6.07) is 7.55. The van der Waals surface area contributed by atoms with E-state index in [4.69, 9.17) is 16.7 Å². The number of para-hydroxylation sites is 1. The van der Waals surface area contributed by atoms with Crippen LogP contribution in [0.25, 0.3) is 0 Å². The lowest BCUT2D eigenvalue weighted by Gasteiger charge is -2.13. The fourth-order valence-corrected chi connectivity index (χ4v) is 2.54. The Bertz CT molecular complexity index is 727. The minimum atomic E-state index is -0.957. The number of anilines is 3. The summed E-state index contributed by atoms with van der Waals surface area (Å²) < 4.78 is 0. The lowest BCUT2D eigenvalue weighted by Crippen LogP contribution is -2.15. The second-order valence-electron chi connectivity index (χ2n) is 5.58. The number of carboxylic acids is 1. The van der Waals surface area contributed by atoms with E-state index in [1.54, 1.807) is 0 Å². The summed E-state index contributed by atoms with van der Waals surface area (Å²) in [4.78, 5) is 19.5. The van der Waals surface area contributed by atoms with Gasteiger partial charge in [-0.05, 0) is 31.4 Å². The van der Waals surface area contributed by atoms with Crippen molar-refractivity contribution < 1.29 is 9.90 Å². The lowest BCUT2D eigenvalue weighted by atomic mass is 10.2. The maximum absolute atomic E-state index is 10.7. The Morgan fingerprint density at radius 2 is 2.17 bits per heavy atom. The Balaban J connectivity index is 1.89. The summed E-state index contributed by atoms with van der Waals surface area (Å²) in [7, 11) is 0. The molecule has 2 aromatic rings. The maximum Gasteiger partial charge on any atom is 0.322 e. The van der Waals surface area contributed by atoms with E-state index in [0.29, 0.717) is 22.7 Å². The SMILES string of the molecule is Cc1cccc(Cl)c1Nc1cc(C2CC2)nc(NCC(=O)O)n1. The molecule has 3 N–H and O–H groups in total. The van der Waals surface area contributed by atoms with Crippen molar-refractivity contribution in [3.8, 4) is 0 Å². The van der Waals surface area contributed by atoms with Gasteiger partial charge in [0, 0.05) is 12.0 Å². The quantitative estimate of drug-likeness (QED) is 0.749. The first-order valence-corrected chi connectivity index (χ1v) is 7.77. The molecule has 0 saturated heterocycles. The van der Waals surface area contributed by atoms with Gasteiger partial charge in [0.2, 0.25) is 5.95 Å². The molecular formula is C16H17ClN4O2. The van der Waals surface area contributed by atoms with Crippen molar-refractivity contribution in [2.24, 2.45) is 0 Å². The zero-order valence-electron chi connectivity index (χ0n) is 12.6. The van der Waals surface area contributed by atoms with Crippen LogP contribution in [0.15, 0.2) is 24.3 Å². The van der Waals surface area contributed by atoms with Crippen LogP contribution >= 0.6 is 11.6 Å². The molecule has 1 aromatic heterocycles. The van der Waals surface area contributed by atoms with E-state index < -0.39 is 5.97 Å². The van der Waals surface area contributed by atoms with Gasteiger partial charge in [-0.1, -0.05) is 23.7 Å². The topological polar surface area (TPSA) is 87.1 Å². The van der Waals surface area contributed by atoms with Gasteiger partial charge < -0.3 is 15.7 Å². The first-order valence-electron chi connectivity index (χ1n) is 7.39. The number of carbonyl (C=O) groups is 1. The molecule has 0 spiro atoms. The molecule has 1 heterocycles. The van der Waals surface area contributed by atoms with Crippen LogP contribution in [0.2, 0.25) is 5.02 Å². The van der Waals surface area contributed by atoms with E-state index in [1.165, 1.54) is 0 Å². The highest BCUT2D eigenvalue weighted by molar-refractivity contribution is 6.33. The molecule has 1 aliphatic rings. The lowest BCUT2D eigenvalue weighted by molar-refractivity contribution is -0.134.